The quantitative estimate of drug-likeness (QED) is 0.624. The molecule has 1 rings (SSSR count). The second-order valence-electron chi connectivity index (χ2n) is 3.00. The number of nitrogens with one attached hydrogen (secondary N) is 1. The molecule has 0 bridgehead atoms. The number of benzene rings is 1. The van der Waals surface area contributed by atoms with Crippen molar-refractivity contribution >= 4 is 5.71 Å². The minimum atomic E-state index is -4.31. The molecule has 86 valence electrons. The van der Waals surface area contributed by atoms with Crippen molar-refractivity contribution in [3.05, 3.63) is 48.0 Å². The van der Waals surface area contributed by atoms with Gasteiger partial charge in [-0.2, -0.15) is 18.3 Å². The van der Waals surface area contributed by atoms with E-state index in [-0.39, 0.29) is 0 Å². The molecule has 5 heteroatoms. The van der Waals surface area contributed by atoms with Gasteiger partial charge in [-0.15, -0.1) is 0 Å². The normalized spacial score (nSPS) is 12.4. The summed E-state index contributed by atoms with van der Waals surface area (Å²) in [6, 6.07) is 4.76. The van der Waals surface area contributed by atoms with Gasteiger partial charge >= 0.3 is 6.18 Å². The number of hydrazone groups is 1. The Kier molecular flexibility index (Phi) is 3.71. The zero-order chi connectivity index (χ0) is 12.2. The van der Waals surface area contributed by atoms with Gasteiger partial charge in [0.15, 0.2) is 0 Å². The summed E-state index contributed by atoms with van der Waals surface area (Å²) in [5.41, 5.74) is 2.96. The second-order valence-corrected chi connectivity index (χ2v) is 3.00. The van der Waals surface area contributed by atoms with Crippen molar-refractivity contribution in [1.82, 2.24) is 5.43 Å². The third kappa shape index (κ3) is 2.85. The number of hydrogen-bond acceptors (Lipinski definition) is 2. The first kappa shape index (κ1) is 12.3. The molecular weight excluding hydrogens is 217 g/mol. The molecule has 0 aliphatic rings. The summed E-state index contributed by atoms with van der Waals surface area (Å²) in [6.45, 7) is 3.53. The van der Waals surface area contributed by atoms with E-state index in [4.69, 9.17) is 0 Å². The number of halogens is 3. The first-order valence-electron chi connectivity index (χ1n) is 4.53. The first-order chi connectivity index (χ1) is 7.49. The Bertz CT molecular complexity index is 391. The van der Waals surface area contributed by atoms with Gasteiger partial charge in [-0.25, -0.2) is 0 Å². The maximum Gasteiger partial charge on any atom is 0.416 e. The van der Waals surface area contributed by atoms with Crippen LogP contribution in [0.15, 0.2) is 42.0 Å². The summed E-state index contributed by atoms with van der Waals surface area (Å²) in [7, 11) is 1.60. The highest BCUT2D eigenvalue weighted by atomic mass is 19.4. The summed E-state index contributed by atoms with van der Waals surface area (Å²) in [5.74, 6) is 0. The van der Waals surface area contributed by atoms with E-state index in [0.29, 0.717) is 11.3 Å². The Morgan fingerprint density at radius 3 is 2.25 bits per heavy atom. The van der Waals surface area contributed by atoms with Gasteiger partial charge in [-0.3, -0.25) is 0 Å². The number of alkyl halides is 3. The van der Waals surface area contributed by atoms with E-state index in [9.17, 15) is 13.2 Å². The molecule has 0 amide bonds. The van der Waals surface area contributed by atoms with Gasteiger partial charge in [0.1, 0.15) is 0 Å². The van der Waals surface area contributed by atoms with Crippen LogP contribution in [0.2, 0.25) is 0 Å². The fourth-order valence-corrected chi connectivity index (χ4v) is 1.18. The highest BCUT2D eigenvalue weighted by molar-refractivity contribution is 6.08. The fraction of sp³-hybridized carbons (Fsp3) is 0.182. The summed E-state index contributed by atoms with van der Waals surface area (Å²) in [4.78, 5) is 0. The van der Waals surface area contributed by atoms with Crippen LogP contribution in [0, 0.1) is 0 Å². The molecule has 1 aromatic carbocycles. The Morgan fingerprint density at radius 1 is 1.31 bits per heavy atom. The van der Waals surface area contributed by atoms with Gasteiger partial charge in [0, 0.05) is 12.6 Å². The van der Waals surface area contributed by atoms with Crippen LogP contribution in [0.4, 0.5) is 13.2 Å². The van der Waals surface area contributed by atoms with Crippen molar-refractivity contribution in [3.8, 4) is 0 Å². The molecule has 1 N–H and O–H groups in total. The molecule has 0 radical (unpaired) electrons. The lowest BCUT2D eigenvalue weighted by molar-refractivity contribution is -0.137. The minimum absolute atomic E-state index is 0.497. The first-order valence-corrected chi connectivity index (χ1v) is 4.53. The molecule has 0 fully saturated rings. The lowest BCUT2D eigenvalue weighted by Crippen LogP contribution is -2.07. The average molecular weight is 228 g/mol. The highest BCUT2D eigenvalue weighted by Crippen LogP contribution is 2.29. The molecule has 0 saturated heterocycles. The number of allylic oxidation sites excluding steroid dienone is 1. The molecule has 0 aliphatic heterocycles. The molecule has 0 unspecified atom stereocenters. The summed E-state index contributed by atoms with van der Waals surface area (Å²) in [6.07, 6.45) is -2.84. The van der Waals surface area contributed by atoms with Crippen molar-refractivity contribution in [3.63, 3.8) is 0 Å². The van der Waals surface area contributed by atoms with Gasteiger partial charge < -0.3 is 5.43 Å². The van der Waals surface area contributed by atoms with E-state index in [0.717, 1.165) is 12.1 Å². The molecule has 0 atom stereocenters. The second kappa shape index (κ2) is 4.83. The molecule has 0 saturated carbocycles. The minimum Gasteiger partial charge on any atom is -0.313 e. The van der Waals surface area contributed by atoms with Gasteiger partial charge in [-0.05, 0) is 18.2 Å². The van der Waals surface area contributed by atoms with Gasteiger partial charge in [-0.1, -0.05) is 18.7 Å². The highest BCUT2D eigenvalue weighted by Gasteiger charge is 2.29. The summed E-state index contributed by atoms with van der Waals surface area (Å²) in [5, 5.41) is 3.87. The monoisotopic (exact) mass is 228 g/mol. The predicted octanol–water partition coefficient (Wildman–Crippen LogP) is 2.81. The molecule has 1 aromatic rings. The van der Waals surface area contributed by atoms with E-state index in [1.807, 2.05) is 0 Å². The van der Waals surface area contributed by atoms with Gasteiger partial charge in [0.25, 0.3) is 0 Å². The number of nitrogens with zero attached hydrogens (tertiary/aromatic N) is 1. The third-order valence-corrected chi connectivity index (χ3v) is 1.93. The lowest BCUT2D eigenvalue weighted by atomic mass is 10.1. The van der Waals surface area contributed by atoms with Crippen LogP contribution in [0.5, 0.6) is 0 Å². The topological polar surface area (TPSA) is 24.4 Å². The SMILES string of the molecule is C=C/C(=N\NC)c1ccc(C(F)(F)F)cc1. The largest absolute Gasteiger partial charge is 0.416 e. The van der Waals surface area contributed by atoms with Gasteiger partial charge in [0.05, 0.1) is 11.3 Å². The Hall–Kier alpha value is -1.78. The Morgan fingerprint density at radius 2 is 1.88 bits per heavy atom. The van der Waals surface area contributed by atoms with E-state index >= 15 is 0 Å². The van der Waals surface area contributed by atoms with Crippen LogP contribution >= 0.6 is 0 Å². The van der Waals surface area contributed by atoms with Crippen LogP contribution in [0.25, 0.3) is 0 Å². The van der Waals surface area contributed by atoms with Crippen LogP contribution < -0.4 is 5.43 Å². The summed E-state index contributed by atoms with van der Waals surface area (Å²) < 4.78 is 36.9. The van der Waals surface area contributed by atoms with Crippen molar-refractivity contribution in [2.75, 3.05) is 7.05 Å². The van der Waals surface area contributed by atoms with Crippen LogP contribution in [0.3, 0.4) is 0 Å². The molecule has 0 aromatic heterocycles. The van der Waals surface area contributed by atoms with Crippen LogP contribution in [-0.4, -0.2) is 12.8 Å². The van der Waals surface area contributed by atoms with Crippen molar-refractivity contribution in [2.24, 2.45) is 5.10 Å². The van der Waals surface area contributed by atoms with Gasteiger partial charge in [0.2, 0.25) is 0 Å². The molecule has 0 spiro atoms. The molecular formula is C11H11F3N2. The van der Waals surface area contributed by atoms with E-state index in [1.54, 1.807) is 7.05 Å². The zero-order valence-electron chi connectivity index (χ0n) is 8.67. The molecule has 2 nitrogen and oxygen atoms in total. The lowest BCUT2D eigenvalue weighted by Gasteiger charge is -2.07. The van der Waals surface area contributed by atoms with Crippen molar-refractivity contribution in [1.29, 1.82) is 0 Å². The fourth-order valence-electron chi connectivity index (χ4n) is 1.18. The molecule has 0 heterocycles. The number of rotatable bonds is 3. The smallest absolute Gasteiger partial charge is 0.313 e. The molecule has 0 aliphatic carbocycles. The third-order valence-electron chi connectivity index (χ3n) is 1.93. The van der Waals surface area contributed by atoms with Crippen molar-refractivity contribution < 1.29 is 13.2 Å². The average Bonchev–Trinajstić information content (AvgIpc) is 2.25. The Labute approximate surface area is 91.5 Å². The van der Waals surface area contributed by atoms with E-state index in [1.165, 1.54) is 18.2 Å². The maximum atomic E-state index is 12.3. The maximum absolute atomic E-state index is 12.3. The van der Waals surface area contributed by atoms with Crippen LogP contribution in [0.1, 0.15) is 11.1 Å². The zero-order valence-corrected chi connectivity index (χ0v) is 8.67. The van der Waals surface area contributed by atoms with Crippen LogP contribution in [-0.2, 0) is 6.18 Å². The van der Waals surface area contributed by atoms with E-state index < -0.39 is 11.7 Å². The standard InChI is InChI=1S/C11H11F3N2/c1-3-10(16-15-2)8-4-6-9(7-5-8)11(12,13)14/h3-7,15H,1H2,2H3/b16-10+. The molecule has 16 heavy (non-hydrogen) atoms. The van der Waals surface area contributed by atoms with Crippen molar-refractivity contribution in [2.45, 2.75) is 6.18 Å². The van der Waals surface area contributed by atoms with E-state index in [2.05, 4.69) is 17.1 Å². The predicted molar refractivity (Wildman–Crippen MR) is 57.2 cm³/mol. The Balaban J connectivity index is 3.03. The number of hydrogen-bond donors (Lipinski definition) is 1. The summed E-state index contributed by atoms with van der Waals surface area (Å²) >= 11 is 0.